The molecule has 0 amide bonds. The van der Waals surface area contributed by atoms with Gasteiger partial charge in [-0.2, -0.15) is 9.78 Å². The quantitative estimate of drug-likeness (QED) is 0.755. The maximum Gasteiger partial charge on any atom is 0.272 e. The molecule has 2 heterocycles. The van der Waals surface area contributed by atoms with Crippen molar-refractivity contribution in [1.29, 1.82) is 0 Å². The summed E-state index contributed by atoms with van der Waals surface area (Å²) in [5.74, 6) is 0.761. The summed E-state index contributed by atoms with van der Waals surface area (Å²) in [4.78, 5) is 19.9. The predicted molar refractivity (Wildman–Crippen MR) is 59.5 cm³/mol. The van der Waals surface area contributed by atoms with Crippen LogP contribution >= 0.6 is 0 Å². The molecule has 5 nitrogen and oxygen atoms in total. The molecule has 0 aliphatic carbocycles. The standard InChI is InChI=1S/C11H12N4O/c1-8(2)9-6-13-10(7-12-9)15-11(16)4-3-5-14-15/h3-8H,1-2H3. The Bertz CT molecular complexity index is 530. The Morgan fingerprint density at radius 3 is 2.62 bits per heavy atom. The van der Waals surface area contributed by atoms with Gasteiger partial charge in [0.25, 0.3) is 5.56 Å². The molecule has 5 heteroatoms. The van der Waals surface area contributed by atoms with Gasteiger partial charge in [-0.25, -0.2) is 4.98 Å². The minimum absolute atomic E-state index is 0.214. The number of hydrogen-bond acceptors (Lipinski definition) is 4. The van der Waals surface area contributed by atoms with Gasteiger partial charge in [0.1, 0.15) is 0 Å². The zero-order valence-corrected chi connectivity index (χ0v) is 9.16. The van der Waals surface area contributed by atoms with E-state index in [1.54, 1.807) is 24.7 Å². The molecule has 2 aromatic rings. The molecule has 16 heavy (non-hydrogen) atoms. The highest BCUT2D eigenvalue weighted by Crippen LogP contribution is 2.09. The van der Waals surface area contributed by atoms with Crippen LogP contribution in [0.4, 0.5) is 0 Å². The molecule has 0 fully saturated rings. The van der Waals surface area contributed by atoms with Crippen molar-refractivity contribution in [2.45, 2.75) is 19.8 Å². The van der Waals surface area contributed by atoms with Crippen molar-refractivity contribution in [2.24, 2.45) is 0 Å². The van der Waals surface area contributed by atoms with Gasteiger partial charge in [0.05, 0.1) is 18.1 Å². The van der Waals surface area contributed by atoms with Crippen molar-refractivity contribution in [1.82, 2.24) is 19.7 Å². The van der Waals surface area contributed by atoms with E-state index >= 15 is 0 Å². The van der Waals surface area contributed by atoms with E-state index in [1.165, 1.54) is 10.7 Å². The van der Waals surface area contributed by atoms with Gasteiger partial charge < -0.3 is 0 Å². The summed E-state index contributed by atoms with van der Waals surface area (Å²) in [7, 11) is 0. The summed E-state index contributed by atoms with van der Waals surface area (Å²) in [6, 6.07) is 3.03. The first-order valence-electron chi connectivity index (χ1n) is 5.05. The largest absolute Gasteiger partial charge is 0.272 e. The van der Waals surface area contributed by atoms with Crippen LogP contribution in [0.1, 0.15) is 25.5 Å². The Balaban J connectivity index is 2.43. The smallest absolute Gasteiger partial charge is 0.267 e. The Kier molecular flexibility index (Phi) is 2.76. The van der Waals surface area contributed by atoms with E-state index in [0.29, 0.717) is 11.7 Å². The molecule has 0 radical (unpaired) electrons. The van der Waals surface area contributed by atoms with Crippen LogP contribution in [-0.2, 0) is 0 Å². The van der Waals surface area contributed by atoms with Crippen LogP contribution in [-0.4, -0.2) is 19.7 Å². The fourth-order valence-corrected chi connectivity index (χ4v) is 1.27. The molecule has 0 saturated heterocycles. The molecule has 0 aromatic carbocycles. The van der Waals surface area contributed by atoms with Crippen molar-refractivity contribution in [2.75, 3.05) is 0 Å². The van der Waals surface area contributed by atoms with Gasteiger partial charge >= 0.3 is 0 Å². The highest BCUT2D eigenvalue weighted by Gasteiger charge is 2.04. The normalized spacial score (nSPS) is 10.7. The van der Waals surface area contributed by atoms with Crippen molar-refractivity contribution in [3.8, 4) is 5.82 Å². The molecule has 82 valence electrons. The molecular weight excluding hydrogens is 204 g/mol. The molecule has 0 N–H and O–H groups in total. The summed E-state index contributed by atoms with van der Waals surface area (Å²) in [6.45, 7) is 4.08. The maximum atomic E-state index is 11.5. The molecular formula is C11H12N4O. The summed E-state index contributed by atoms with van der Waals surface area (Å²) in [5, 5.41) is 3.92. The highest BCUT2D eigenvalue weighted by atomic mass is 16.1. The molecule has 0 spiro atoms. The van der Waals surface area contributed by atoms with Crippen LogP contribution in [0.2, 0.25) is 0 Å². The second-order valence-corrected chi connectivity index (χ2v) is 3.73. The Hall–Kier alpha value is -2.04. The summed E-state index contributed by atoms with van der Waals surface area (Å²) < 4.78 is 1.22. The second-order valence-electron chi connectivity index (χ2n) is 3.73. The van der Waals surface area contributed by atoms with E-state index < -0.39 is 0 Å². The first-order valence-corrected chi connectivity index (χ1v) is 5.05. The maximum absolute atomic E-state index is 11.5. The van der Waals surface area contributed by atoms with Gasteiger partial charge in [-0.1, -0.05) is 13.8 Å². The zero-order valence-electron chi connectivity index (χ0n) is 9.16. The molecule has 0 saturated carbocycles. The van der Waals surface area contributed by atoms with Gasteiger partial charge in [0.2, 0.25) is 0 Å². The molecule has 2 aromatic heterocycles. The minimum atomic E-state index is -0.214. The molecule has 0 aliphatic heterocycles. The van der Waals surface area contributed by atoms with Gasteiger partial charge in [0.15, 0.2) is 5.82 Å². The first kappa shape index (κ1) is 10.5. The Morgan fingerprint density at radius 1 is 1.25 bits per heavy atom. The number of hydrogen-bond donors (Lipinski definition) is 0. The number of aromatic nitrogens is 4. The fraction of sp³-hybridized carbons (Fsp3) is 0.273. The van der Waals surface area contributed by atoms with Gasteiger partial charge in [-0.05, 0) is 12.0 Å². The third-order valence-corrected chi connectivity index (χ3v) is 2.18. The van der Waals surface area contributed by atoms with Crippen molar-refractivity contribution in [3.05, 3.63) is 46.8 Å². The second kappa shape index (κ2) is 4.22. The van der Waals surface area contributed by atoms with Crippen molar-refractivity contribution >= 4 is 0 Å². The fourth-order valence-electron chi connectivity index (χ4n) is 1.27. The van der Waals surface area contributed by atoms with Crippen LogP contribution in [0.25, 0.3) is 5.82 Å². The van der Waals surface area contributed by atoms with E-state index in [1.807, 2.05) is 13.8 Å². The molecule has 0 unspecified atom stereocenters. The Labute approximate surface area is 92.8 Å². The van der Waals surface area contributed by atoms with Gasteiger partial charge in [-0.3, -0.25) is 9.78 Å². The van der Waals surface area contributed by atoms with Crippen molar-refractivity contribution < 1.29 is 0 Å². The third-order valence-electron chi connectivity index (χ3n) is 2.18. The average Bonchev–Trinajstić information content (AvgIpc) is 2.30. The van der Waals surface area contributed by atoms with Gasteiger partial charge in [0, 0.05) is 12.3 Å². The third kappa shape index (κ3) is 1.98. The lowest BCUT2D eigenvalue weighted by Crippen LogP contribution is -2.20. The number of rotatable bonds is 2. The minimum Gasteiger partial charge on any atom is -0.267 e. The predicted octanol–water partition coefficient (Wildman–Crippen LogP) is 1.15. The van der Waals surface area contributed by atoms with E-state index in [0.717, 1.165) is 5.69 Å². The number of nitrogens with zero attached hydrogens (tertiary/aromatic N) is 4. The van der Waals surface area contributed by atoms with Crippen LogP contribution in [0, 0.1) is 0 Å². The van der Waals surface area contributed by atoms with Crippen LogP contribution in [0.15, 0.2) is 35.5 Å². The Morgan fingerprint density at radius 2 is 2.06 bits per heavy atom. The summed E-state index contributed by atoms with van der Waals surface area (Å²) in [5.41, 5.74) is 0.682. The van der Waals surface area contributed by atoms with Crippen LogP contribution < -0.4 is 5.56 Å². The SMILES string of the molecule is CC(C)c1cnc(-n2ncccc2=O)cn1. The summed E-state index contributed by atoms with van der Waals surface area (Å²) in [6.07, 6.45) is 4.77. The first-order chi connectivity index (χ1) is 7.68. The van der Waals surface area contributed by atoms with Crippen LogP contribution in [0.5, 0.6) is 0 Å². The molecule has 0 atom stereocenters. The lowest BCUT2D eigenvalue weighted by Gasteiger charge is -2.05. The van der Waals surface area contributed by atoms with Crippen LogP contribution in [0.3, 0.4) is 0 Å². The van der Waals surface area contributed by atoms with Crippen molar-refractivity contribution in [3.63, 3.8) is 0 Å². The zero-order chi connectivity index (χ0) is 11.5. The van der Waals surface area contributed by atoms with E-state index in [-0.39, 0.29) is 5.56 Å². The lowest BCUT2D eigenvalue weighted by atomic mass is 10.1. The topological polar surface area (TPSA) is 60.7 Å². The van der Waals surface area contributed by atoms with E-state index in [4.69, 9.17) is 0 Å². The molecule has 0 bridgehead atoms. The van der Waals surface area contributed by atoms with E-state index in [2.05, 4.69) is 15.1 Å². The van der Waals surface area contributed by atoms with E-state index in [9.17, 15) is 4.79 Å². The average molecular weight is 216 g/mol. The molecule has 0 aliphatic rings. The van der Waals surface area contributed by atoms with Gasteiger partial charge in [-0.15, -0.1) is 0 Å². The highest BCUT2D eigenvalue weighted by molar-refractivity contribution is 5.18. The monoisotopic (exact) mass is 216 g/mol. The lowest BCUT2D eigenvalue weighted by molar-refractivity contribution is 0.754. The summed E-state index contributed by atoms with van der Waals surface area (Å²) >= 11 is 0. The molecule has 2 rings (SSSR count).